The fraction of sp³-hybridized carbons (Fsp3) is 0.500. The number of amides is 3. The van der Waals surface area contributed by atoms with Crippen LogP contribution >= 0.6 is 15.9 Å². The molecule has 1 heterocycles. The zero-order valence-corrected chi connectivity index (χ0v) is 17.3. The zero-order valence-electron chi connectivity index (χ0n) is 15.7. The van der Waals surface area contributed by atoms with Crippen molar-refractivity contribution in [2.45, 2.75) is 44.8 Å². The normalized spacial score (nSPS) is 22.8. The number of benzene rings is 1. The molecule has 0 unspecified atom stereocenters. The Morgan fingerprint density at radius 3 is 2.25 bits per heavy atom. The molecule has 1 saturated heterocycles. The second-order valence-corrected chi connectivity index (χ2v) is 8.59. The summed E-state index contributed by atoms with van der Waals surface area (Å²) in [5.74, 6) is -6.16. The van der Waals surface area contributed by atoms with Gasteiger partial charge in [-0.25, -0.2) is 4.79 Å². The van der Waals surface area contributed by atoms with Gasteiger partial charge in [-0.3, -0.25) is 14.5 Å². The summed E-state index contributed by atoms with van der Waals surface area (Å²) in [5, 5.41) is 0. The van der Waals surface area contributed by atoms with Gasteiger partial charge in [-0.2, -0.15) is 8.78 Å². The van der Waals surface area contributed by atoms with E-state index in [1.807, 2.05) is 0 Å². The molecule has 0 aliphatic carbocycles. The summed E-state index contributed by atoms with van der Waals surface area (Å²) in [6.07, 6.45) is -1.74. The van der Waals surface area contributed by atoms with Crippen molar-refractivity contribution in [3.05, 3.63) is 34.3 Å². The van der Waals surface area contributed by atoms with Gasteiger partial charge >= 0.3 is 6.09 Å². The molecule has 4 N–H and O–H groups in total. The highest BCUT2D eigenvalue weighted by molar-refractivity contribution is 9.10. The minimum absolute atomic E-state index is 0.0620. The molecular formula is C18H22BrF2N3O4. The molecule has 154 valence electrons. The SMILES string of the molecule is CC(C)(C)OC(=O)N1C[C@](C(N)=O)(C(F)(F)c2ccccc2Br)C[C@H]1C(N)=O. The number of primary amides is 2. The van der Waals surface area contributed by atoms with Gasteiger partial charge in [-0.05, 0) is 33.3 Å². The number of nitrogens with two attached hydrogens (primary N) is 2. The molecular weight excluding hydrogens is 440 g/mol. The molecule has 1 aromatic rings. The molecule has 2 atom stereocenters. The van der Waals surface area contributed by atoms with Gasteiger partial charge in [0.1, 0.15) is 17.1 Å². The van der Waals surface area contributed by atoms with E-state index in [-0.39, 0.29) is 4.47 Å². The van der Waals surface area contributed by atoms with Crippen molar-refractivity contribution in [1.82, 2.24) is 4.90 Å². The average molecular weight is 462 g/mol. The van der Waals surface area contributed by atoms with Gasteiger partial charge in [0, 0.05) is 16.6 Å². The fourth-order valence-corrected chi connectivity index (χ4v) is 3.74. The van der Waals surface area contributed by atoms with E-state index in [2.05, 4.69) is 15.9 Å². The topological polar surface area (TPSA) is 116 Å². The predicted molar refractivity (Wildman–Crippen MR) is 100 cm³/mol. The Hall–Kier alpha value is -2.23. The van der Waals surface area contributed by atoms with Crippen LogP contribution in [0.25, 0.3) is 0 Å². The third-order valence-electron chi connectivity index (χ3n) is 4.60. The Morgan fingerprint density at radius 2 is 1.79 bits per heavy atom. The summed E-state index contributed by atoms with van der Waals surface area (Å²) >= 11 is 3.05. The Bertz CT molecular complexity index is 812. The maximum atomic E-state index is 15.6. The van der Waals surface area contributed by atoms with E-state index in [4.69, 9.17) is 16.2 Å². The van der Waals surface area contributed by atoms with E-state index >= 15 is 8.78 Å². The third kappa shape index (κ3) is 3.82. The number of hydrogen-bond donors (Lipinski definition) is 2. The Labute approximate surface area is 169 Å². The largest absolute Gasteiger partial charge is 0.444 e. The molecule has 2 rings (SSSR count). The number of likely N-dealkylation sites (tertiary alicyclic amines) is 1. The standard InChI is InChI=1S/C18H22BrF2N3O4/c1-16(2,3)28-15(27)24-9-17(14(23)26,8-12(24)13(22)25)18(20,21)10-6-4-5-7-11(10)19/h4-7,12H,8-9H2,1-3H3,(H2,22,25)(H2,23,26)/t12-,17+/m0/s1. The van der Waals surface area contributed by atoms with Gasteiger partial charge < -0.3 is 16.2 Å². The summed E-state index contributed by atoms with van der Waals surface area (Å²) < 4.78 is 36.4. The highest BCUT2D eigenvalue weighted by Gasteiger charge is 2.66. The van der Waals surface area contributed by atoms with E-state index in [1.165, 1.54) is 18.2 Å². The first-order valence-electron chi connectivity index (χ1n) is 8.44. The van der Waals surface area contributed by atoms with Crippen molar-refractivity contribution in [1.29, 1.82) is 0 Å². The third-order valence-corrected chi connectivity index (χ3v) is 5.29. The van der Waals surface area contributed by atoms with Crippen LogP contribution in [0.3, 0.4) is 0 Å². The molecule has 0 saturated carbocycles. The molecule has 0 spiro atoms. The highest BCUT2D eigenvalue weighted by atomic mass is 79.9. The van der Waals surface area contributed by atoms with Crippen LogP contribution in [0.1, 0.15) is 32.8 Å². The molecule has 1 aliphatic heterocycles. The smallest absolute Gasteiger partial charge is 0.411 e. The summed E-state index contributed by atoms with van der Waals surface area (Å²) in [6, 6.07) is 3.99. The first-order valence-corrected chi connectivity index (χ1v) is 9.24. The van der Waals surface area contributed by atoms with Crippen molar-refractivity contribution in [2.75, 3.05) is 6.54 Å². The molecule has 10 heteroatoms. The molecule has 1 fully saturated rings. The number of hydrogen-bond acceptors (Lipinski definition) is 4. The lowest BCUT2D eigenvalue weighted by Gasteiger charge is -2.35. The first-order chi connectivity index (χ1) is 12.7. The lowest BCUT2D eigenvalue weighted by molar-refractivity contribution is -0.160. The Kier molecular flexibility index (Phi) is 5.76. The van der Waals surface area contributed by atoms with Crippen LogP contribution in [0.15, 0.2) is 28.7 Å². The average Bonchev–Trinajstić information content (AvgIpc) is 2.96. The van der Waals surface area contributed by atoms with Crippen molar-refractivity contribution < 1.29 is 27.9 Å². The minimum atomic E-state index is -3.79. The van der Waals surface area contributed by atoms with E-state index in [1.54, 1.807) is 20.8 Å². The lowest BCUT2D eigenvalue weighted by Crippen LogP contribution is -2.52. The minimum Gasteiger partial charge on any atom is -0.444 e. The van der Waals surface area contributed by atoms with Crippen molar-refractivity contribution in [3.8, 4) is 0 Å². The summed E-state index contributed by atoms with van der Waals surface area (Å²) in [5.41, 5.74) is 6.76. The van der Waals surface area contributed by atoms with Crippen LogP contribution < -0.4 is 11.5 Å². The summed E-state index contributed by atoms with van der Waals surface area (Å²) in [6.45, 7) is 3.94. The van der Waals surface area contributed by atoms with Crippen LogP contribution in [0, 0.1) is 5.41 Å². The van der Waals surface area contributed by atoms with Crippen LogP contribution in [0.5, 0.6) is 0 Å². The van der Waals surface area contributed by atoms with Gasteiger partial charge in [0.05, 0.1) is 0 Å². The number of halogens is 3. The predicted octanol–water partition coefficient (Wildman–Crippen LogP) is 2.51. The molecule has 1 aromatic carbocycles. The zero-order chi connectivity index (χ0) is 21.5. The van der Waals surface area contributed by atoms with Crippen molar-refractivity contribution in [2.24, 2.45) is 16.9 Å². The number of carbonyl (C=O) groups is 3. The second-order valence-electron chi connectivity index (χ2n) is 7.73. The molecule has 28 heavy (non-hydrogen) atoms. The van der Waals surface area contributed by atoms with E-state index < -0.39 is 59.4 Å². The molecule has 3 amide bonds. The lowest BCUT2D eigenvalue weighted by atomic mass is 9.75. The van der Waals surface area contributed by atoms with Crippen LogP contribution in [0.4, 0.5) is 13.6 Å². The molecule has 1 aliphatic rings. The van der Waals surface area contributed by atoms with Gasteiger partial charge in [-0.15, -0.1) is 0 Å². The van der Waals surface area contributed by atoms with Gasteiger partial charge in [0.2, 0.25) is 11.8 Å². The molecule has 0 bridgehead atoms. The van der Waals surface area contributed by atoms with Crippen molar-refractivity contribution in [3.63, 3.8) is 0 Å². The maximum absolute atomic E-state index is 15.6. The molecule has 0 radical (unpaired) electrons. The van der Waals surface area contributed by atoms with Crippen LogP contribution in [-0.2, 0) is 20.2 Å². The summed E-state index contributed by atoms with van der Waals surface area (Å²) in [4.78, 5) is 37.4. The Morgan fingerprint density at radius 1 is 1.21 bits per heavy atom. The summed E-state index contributed by atoms with van der Waals surface area (Å²) in [7, 11) is 0. The van der Waals surface area contributed by atoms with E-state index in [9.17, 15) is 14.4 Å². The molecule has 7 nitrogen and oxygen atoms in total. The second kappa shape index (κ2) is 7.31. The maximum Gasteiger partial charge on any atom is 0.411 e. The highest BCUT2D eigenvalue weighted by Crippen LogP contribution is 2.53. The Balaban J connectivity index is 2.55. The fourth-order valence-electron chi connectivity index (χ4n) is 3.21. The molecule has 0 aromatic heterocycles. The van der Waals surface area contributed by atoms with Crippen LogP contribution in [0.2, 0.25) is 0 Å². The van der Waals surface area contributed by atoms with Crippen LogP contribution in [-0.4, -0.2) is 41.0 Å². The van der Waals surface area contributed by atoms with E-state index in [0.29, 0.717) is 0 Å². The number of ether oxygens (including phenoxy) is 1. The number of carbonyl (C=O) groups excluding carboxylic acids is 3. The van der Waals surface area contributed by atoms with E-state index in [0.717, 1.165) is 11.0 Å². The van der Waals surface area contributed by atoms with Crippen molar-refractivity contribution >= 4 is 33.8 Å². The van der Waals surface area contributed by atoms with Gasteiger partial charge in [0.15, 0.2) is 0 Å². The van der Waals surface area contributed by atoms with Gasteiger partial charge in [0.25, 0.3) is 5.92 Å². The number of rotatable bonds is 4. The van der Waals surface area contributed by atoms with Gasteiger partial charge in [-0.1, -0.05) is 34.1 Å². The number of nitrogens with zero attached hydrogens (tertiary/aromatic N) is 1. The number of alkyl halides is 2. The monoisotopic (exact) mass is 461 g/mol. The quantitative estimate of drug-likeness (QED) is 0.716. The first kappa shape index (κ1) is 22.1.